The van der Waals surface area contributed by atoms with Gasteiger partial charge in [0.15, 0.2) is 0 Å². The number of hydrogen-bond acceptors (Lipinski definition) is 5. The van der Waals surface area contributed by atoms with E-state index in [2.05, 4.69) is 77.7 Å². The lowest BCUT2D eigenvalue weighted by Gasteiger charge is -2.51. The van der Waals surface area contributed by atoms with E-state index in [0.29, 0.717) is 23.5 Å². The average molecular weight is 608 g/mol. The van der Waals surface area contributed by atoms with Crippen LogP contribution in [-0.2, 0) is 16.6 Å². The monoisotopic (exact) mass is 607 g/mol. The first kappa shape index (κ1) is 29.5. The maximum atomic E-state index is 13.6. The van der Waals surface area contributed by atoms with E-state index in [0.717, 1.165) is 22.4 Å². The minimum atomic E-state index is -0.729. The van der Waals surface area contributed by atoms with Gasteiger partial charge in [0.05, 0.1) is 16.4 Å². The molecule has 0 spiro atoms. The van der Waals surface area contributed by atoms with Crippen molar-refractivity contribution in [2.24, 2.45) is 5.41 Å². The number of carbonyl (C=O) groups is 2. The third-order valence-corrected chi connectivity index (χ3v) is 9.30. The molecule has 8 rings (SSSR count). The molecule has 0 aromatic heterocycles. The first-order chi connectivity index (χ1) is 22.1. The van der Waals surface area contributed by atoms with E-state index in [-0.39, 0.29) is 11.9 Å². The van der Waals surface area contributed by atoms with Gasteiger partial charge in [-0.15, -0.1) is 0 Å². The molecule has 0 unspecified atom stereocenters. The Morgan fingerprint density at radius 1 is 0.696 bits per heavy atom. The molecule has 0 aliphatic heterocycles. The number of carbonyl (C=O) groups excluding carboxylic acids is 2. The van der Waals surface area contributed by atoms with Crippen LogP contribution in [0, 0.1) is 5.41 Å². The van der Waals surface area contributed by atoms with Crippen LogP contribution in [-0.4, -0.2) is 26.0 Å². The van der Waals surface area contributed by atoms with Crippen molar-refractivity contribution in [3.8, 4) is 11.5 Å². The number of esters is 2. The van der Waals surface area contributed by atoms with Gasteiger partial charge in [0.25, 0.3) is 0 Å². The summed E-state index contributed by atoms with van der Waals surface area (Å²) in [7, 11) is 4.07. The number of rotatable bonds is 6. The highest BCUT2D eigenvalue weighted by molar-refractivity contribution is 5.92. The van der Waals surface area contributed by atoms with E-state index in [9.17, 15) is 9.59 Å². The van der Waals surface area contributed by atoms with Crippen molar-refractivity contribution in [3.63, 3.8) is 0 Å². The van der Waals surface area contributed by atoms with Crippen LogP contribution >= 0.6 is 0 Å². The zero-order valence-corrected chi connectivity index (χ0v) is 26.8. The van der Waals surface area contributed by atoms with Gasteiger partial charge in [0.1, 0.15) is 11.5 Å². The molecule has 230 valence electrons. The topological polar surface area (TPSA) is 55.8 Å². The Bertz CT molecular complexity index is 1920. The van der Waals surface area contributed by atoms with E-state index in [1.807, 2.05) is 53.1 Å². The molecule has 5 nitrogen and oxygen atoms in total. The largest absolute Gasteiger partial charge is 0.426 e. The van der Waals surface area contributed by atoms with Crippen LogP contribution in [0.4, 0.5) is 5.69 Å². The summed E-state index contributed by atoms with van der Waals surface area (Å²) in [5.74, 6) is 0.00319. The van der Waals surface area contributed by atoms with E-state index >= 15 is 0 Å². The summed E-state index contributed by atoms with van der Waals surface area (Å²) in [4.78, 5) is 29.1. The van der Waals surface area contributed by atoms with Gasteiger partial charge in [0, 0.05) is 36.8 Å². The molecule has 0 heterocycles. The van der Waals surface area contributed by atoms with Crippen molar-refractivity contribution in [2.45, 2.75) is 38.5 Å². The molecule has 2 bridgehead atoms. The molecule has 0 saturated carbocycles. The van der Waals surface area contributed by atoms with Gasteiger partial charge in [-0.3, -0.25) is 4.79 Å². The second-order valence-corrected chi connectivity index (χ2v) is 13.5. The zero-order chi connectivity index (χ0) is 32.2. The highest BCUT2D eigenvalue weighted by atomic mass is 16.5. The first-order valence-electron chi connectivity index (χ1n) is 15.7. The molecule has 0 radical (unpaired) electrons. The summed E-state index contributed by atoms with van der Waals surface area (Å²) >= 11 is 0. The summed E-state index contributed by atoms with van der Waals surface area (Å²) in [5, 5.41) is 0. The van der Waals surface area contributed by atoms with Crippen LogP contribution in [0.1, 0.15) is 76.0 Å². The summed E-state index contributed by atoms with van der Waals surface area (Å²) in [6, 6.07) is 38.3. The predicted octanol–water partition coefficient (Wildman–Crippen LogP) is 8.31. The van der Waals surface area contributed by atoms with Gasteiger partial charge >= 0.3 is 11.9 Å². The standard InChI is InChI=1S/C41H37NO4/c1-40(2,3)39(44)46-33-23-24-34(45-38(43)27-13-7-6-8-14-27)37-36(33)35-29-15-9-11-17-31(29)41(37,32-18-12-10-16-30(32)35)25-26-19-21-28(22-20-26)42(4)5/h6-24,35H,25H2,1-5H3. The van der Waals surface area contributed by atoms with Gasteiger partial charge in [-0.25, -0.2) is 4.79 Å². The average Bonchev–Trinajstić information content (AvgIpc) is 3.06. The number of benzene rings is 5. The van der Waals surface area contributed by atoms with E-state index < -0.39 is 16.8 Å². The number of nitrogens with zero attached hydrogens (tertiary/aromatic N) is 1. The number of hydrogen-bond donors (Lipinski definition) is 0. The Balaban J connectivity index is 1.52. The second-order valence-electron chi connectivity index (χ2n) is 13.5. The first-order valence-corrected chi connectivity index (χ1v) is 15.7. The SMILES string of the molecule is CN(C)c1ccc(CC23c4ccccc4C(c4ccccc42)c2c(OC(=O)C(C)(C)C)ccc(OC(=O)c4ccccc4)c23)cc1. The minimum absolute atomic E-state index is 0.210. The number of anilines is 1. The molecular formula is C41H37NO4. The van der Waals surface area contributed by atoms with Gasteiger partial charge in [0.2, 0.25) is 0 Å². The van der Waals surface area contributed by atoms with Crippen LogP contribution in [0.25, 0.3) is 0 Å². The quantitative estimate of drug-likeness (QED) is 0.144. The molecule has 5 aromatic rings. The molecule has 3 aliphatic rings. The Hall–Kier alpha value is -5.16. The Morgan fingerprint density at radius 3 is 1.85 bits per heavy atom. The fourth-order valence-electron chi connectivity index (χ4n) is 7.13. The molecule has 5 heteroatoms. The fourth-order valence-corrected chi connectivity index (χ4v) is 7.13. The van der Waals surface area contributed by atoms with E-state index in [4.69, 9.17) is 9.47 Å². The lowest BCUT2D eigenvalue weighted by molar-refractivity contribution is -0.143. The van der Waals surface area contributed by atoms with Crippen molar-refractivity contribution in [3.05, 3.63) is 160 Å². The van der Waals surface area contributed by atoms with Crippen molar-refractivity contribution < 1.29 is 19.1 Å². The summed E-state index contributed by atoms with van der Waals surface area (Å²) in [6.07, 6.45) is 0.612. The fraction of sp³-hybridized carbons (Fsp3) is 0.220. The van der Waals surface area contributed by atoms with E-state index in [1.54, 1.807) is 24.3 Å². The molecule has 0 atom stereocenters. The van der Waals surface area contributed by atoms with Crippen LogP contribution in [0.3, 0.4) is 0 Å². The molecular weight excluding hydrogens is 570 g/mol. The third kappa shape index (κ3) is 4.69. The van der Waals surface area contributed by atoms with Gasteiger partial charge in [-0.2, -0.15) is 0 Å². The molecule has 0 amide bonds. The molecule has 5 aromatic carbocycles. The van der Waals surface area contributed by atoms with Crippen molar-refractivity contribution >= 4 is 17.6 Å². The Morgan fingerprint density at radius 2 is 1.26 bits per heavy atom. The smallest absolute Gasteiger partial charge is 0.343 e. The molecule has 46 heavy (non-hydrogen) atoms. The summed E-state index contributed by atoms with van der Waals surface area (Å²) in [6.45, 7) is 5.56. The highest BCUT2D eigenvalue weighted by Gasteiger charge is 2.54. The summed E-state index contributed by atoms with van der Waals surface area (Å²) in [5.41, 5.74) is 7.69. The molecule has 3 aliphatic carbocycles. The van der Waals surface area contributed by atoms with Gasteiger partial charge in [-0.05, 0) is 91.4 Å². The zero-order valence-electron chi connectivity index (χ0n) is 26.8. The highest BCUT2D eigenvalue weighted by Crippen LogP contribution is 2.64. The molecule has 0 saturated heterocycles. The Kier molecular flexibility index (Phi) is 7.08. The Labute approximate surface area is 270 Å². The lowest BCUT2D eigenvalue weighted by atomic mass is 9.51. The predicted molar refractivity (Wildman–Crippen MR) is 181 cm³/mol. The second kappa shape index (κ2) is 11.0. The van der Waals surface area contributed by atoms with Crippen LogP contribution in [0.2, 0.25) is 0 Å². The van der Waals surface area contributed by atoms with Gasteiger partial charge < -0.3 is 14.4 Å². The maximum absolute atomic E-state index is 13.6. The molecule has 0 fully saturated rings. The molecule has 0 N–H and O–H groups in total. The van der Waals surface area contributed by atoms with Crippen LogP contribution in [0.5, 0.6) is 11.5 Å². The normalized spacial score (nSPS) is 17.4. The van der Waals surface area contributed by atoms with Crippen LogP contribution in [0.15, 0.2) is 115 Å². The van der Waals surface area contributed by atoms with Crippen LogP contribution < -0.4 is 14.4 Å². The summed E-state index contributed by atoms with van der Waals surface area (Å²) < 4.78 is 12.6. The maximum Gasteiger partial charge on any atom is 0.343 e. The number of ether oxygens (including phenoxy) is 2. The third-order valence-electron chi connectivity index (χ3n) is 9.30. The van der Waals surface area contributed by atoms with Crippen molar-refractivity contribution in [1.29, 1.82) is 0 Å². The lowest BCUT2D eigenvalue weighted by Crippen LogP contribution is -2.44. The van der Waals surface area contributed by atoms with Gasteiger partial charge in [-0.1, -0.05) is 78.9 Å². The van der Waals surface area contributed by atoms with E-state index in [1.165, 1.54) is 22.3 Å². The van der Waals surface area contributed by atoms with Crippen molar-refractivity contribution in [2.75, 3.05) is 19.0 Å². The minimum Gasteiger partial charge on any atom is -0.426 e. The van der Waals surface area contributed by atoms with Crippen molar-refractivity contribution in [1.82, 2.24) is 0 Å².